The third-order valence-corrected chi connectivity index (χ3v) is 3.83. The summed E-state index contributed by atoms with van der Waals surface area (Å²) in [5.74, 6) is 0. The van der Waals surface area contributed by atoms with Crippen molar-refractivity contribution in [1.29, 1.82) is 0 Å². The molecule has 3 nitrogen and oxygen atoms in total. The highest BCUT2D eigenvalue weighted by molar-refractivity contribution is 5.79. The lowest BCUT2D eigenvalue weighted by atomic mass is 9.97. The zero-order chi connectivity index (χ0) is 14.7. The Morgan fingerprint density at radius 1 is 1.05 bits per heavy atom. The molecular weight excluding hydrogens is 258 g/mol. The van der Waals surface area contributed by atoms with E-state index in [4.69, 9.17) is 0 Å². The normalized spacial score (nSPS) is 12.5. The van der Waals surface area contributed by atoms with Gasteiger partial charge in [0.2, 0.25) is 0 Å². The predicted molar refractivity (Wildman–Crippen MR) is 86.3 cm³/mol. The molecule has 2 heterocycles. The Balaban J connectivity index is 2.09. The van der Waals surface area contributed by atoms with Crippen molar-refractivity contribution in [2.75, 3.05) is 7.05 Å². The van der Waals surface area contributed by atoms with E-state index < -0.39 is 0 Å². The number of hydrogen-bond acceptors (Lipinski definition) is 3. The number of aromatic nitrogens is 2. The second-order valence-electron chi connectivity index (χ2n) is 5.08. The van der Waals surface area contributed by atoms with Crippen LogP contribution in [0, 0.1) is 0 Å². The molecule has 0 bridgehead atoms. The summed E-state index contributed by atoms with van der Waals surface area (Å²) in [6.45, 7) is 2.16. The Morgan fingerprint density at radius 2 is 1.86 bits per heavy atom. The number of nitrogens with one attached hydrogen (secondary N) is 1. The standard InChI is InChI=1S/C18H19N3/c1-3-13-6-4-11-21-18(13)17(19-2)15-9-8-14-7-5-10-20-16(14)12-15/h4-12,17,19H,3H2,1-2H3. The van der Waals surface area contributed by atoms with Gasteiger partial charge in [-0.15, -0.1) is 0 Å². The van der Waals surface area contributed by atoms with Crippen LogP contribution in [-0.4, -0.2) is 17.0 Å². The van der Waals surface area contributed by atoms with Gasteiger partial charge in [-0.2, -0.15) is 0 Å². The van der Waals surface area contributed by atoms with Crippen LogP contribution in [0.25, 0.3) is 10.9 Å². The first-order valence-electron chi connectivity index (χ1n) is 7.29. The van der Waals surface area contributed by atoms with Crippen molar-refractivity contribution in [3.8, 4) is 0 Å². The monoisotopic (exact) mass is 277 g/mol. The number of fused-ring (bicyclic) bond motifs is 1. The van der Waals surface area contributed by atoms with E-state index in [0.717, 1.165) is 23.0 Å². The van der Waals surface area contributed by atoms with Crippen molar-refractivity contribution in [3.63, 3.8) is 0 Å². The molecule has 106 valence electrons. The molecule has 1 N–H and O–H groups in total. The molecule has 0 radical (unpaired) electrons. The summed E-state index contributed by atoms with van der Waals surface area (Å²) >= 11 is 0. The van der Waals surface area contributed by atoms with Gasteiger partial charge in [0.1, 0.15) is 0 Å². The van der Waals surface area contributed by atoms with Crippen molar-refractivity contribution in [2.24, 2.45) is 0 Å². The zero-order valence-corrected chi connectivity index (χ0v) is 12.4. The summed E-state index contributed by atoms with van der Waals surface area (Å²) in [6.07, 6.45) is 4.67. The minimum absolute atomic E-state index is 0.0903. The van der Waals surface area contributed by atoms with Gasteiger partial charge in [0, 0.05) is 17.8 Å². The lowest BCUT2D eigenvalue weighted by Crippen LogP contribution is -2.20. The Morgan fingerprint density at radius 3 is 2.67 bits per heavy atom. The maximum absolute atomic E-state index is 4.59. The van der Waals surface area contributed by atoms with Crippen LogP contribution >= 0.6 is 0 Å². The predicted octanol–water partition coefficient (Wildman–Crippen LogP) is 3.50. The minimum Gasteiger partial charge on any atom is -0.308 e. The van der Waals surface area contributed by atoms with Gasteiger partial charge < -0.3 is 5.32 Å². The minimum atomic E-state index is 0.0903. The number of nitrogens with zero attached hydrogens (tertiary/aromatic N) is 2. The third-order valence-electron chi connectivity index (χ3n) is 3.83. The average molecular weight is 277 g/mol. The molecule has 0 saturated carbocycles. The number of aryl methyl sites for hydroxylation is 1. The molecular formula is C18H19N3. The molecule has 2 aromatic heterocycles. The maximum atomic E-state index is 4.59. The van der Waals surface area contributed by atoms with Gasteiger partial charge >= 0.3 is 0 Å². The van der Waals surface area contributed by atoms with E-state index in [2.05, 4.69) is 52.5 Å². The fourth-order valence-corrected chi connectivity index (χ4v) is 2.73. The number of rotatable bonds is 4. The molecule has 3 aromatic rings. The molecule has 1 unspecified atom stereocenters. The van der Waals surface area contributed by atoms with Crippen LogP contribution in [0.15, 0.2) is 54.9 Å². The molecule has 0 amide bonds. The van der Waals surface area contributed by atoms with E-state index in [-0.39, 0.29) is 6.04 Å². The van der Waals surface area contributed by atoms with Gasteiger partial charge in [0.25, 0.3) is 0 Å². The zero-order valence-electron chi connectivity index (χ0n) is 12.4. The molecule has 0 aliphatic carbocycles. The summed E-state index contributed by atoms with van der Waals surface area (Å²) in [6, 6.07) is 14.7. The average Bonchev–Trinajstić information content (AvgIpc) is 2.56. The van der Waals surface area contributed by atoms with Gasteiger partial charge in [-0.1, -0.05) is 31.2 Å². The number of hydrogen-bond donors (Lipinski definition) is 1. The van der Waals surface area contributed by atoms with Crippen molar-refractivity contribution >= 4 is 10.9 Å². The molecule has 21 heavy (non-hydrogen) atoms. The fourth-order valence-electron chi connectivity index (χ4n) is 2.73. The Labute approximate surface area is 125 Å². The van der Waals surface area contributed by atoms with Gasteiger partial charge in [0.15, 0.2) is 0 Å². The molecule has 3 rings (SSSR count). The van der Waals surface area contributed by atoms with E-state index in [9.17, 15) is 0 Å². The Kier molecular flexibility index (Phi) is 3.93. The van der Waals surface area contributed by atoms with Crippen LogP contribution < -0.4 is 5.32 Å². The van der Waals surface area contributed by atoms with E-state index in [1.165, 1.54) is 11.1 Å². The topological polar surface area (TPSA) is 37.8 Å². The Bertz CT molecular complexity index is 752. The van der Waals surface area contributed by atoms with Gasteiger partial charge in [-0.05, 0) is 42.8 Å². The van der Waals surface area contributed by atoms with Crippen molar-refractivity contribution in [2.45, 2.75) is 19.4 Å². The van der Waals surface area contributed by atoms with E-state index in [0.29, 0.717) is 0 Å². The van der Waals surface area contributed by atoms with Gasteiger partial charge in [-0.25, -0.2) is 0 Å². The lowest BCUT2D eigenvalue weighted by molar-refractivity contribution is 0.662. The summed E-state index contributed by atoms with van der Waals surface area (Å²) in [5.41, 5.74) is 4.58. The van der Waals surface area contributed by atoms with Crippen molar-refractivity contribution in [1.82, 2.24) is 15.3 Å². The summed E-state index contributed by atoms with van der Waals surface area (Å²) in [4.78, 5) is 9.04. The van der Waals surface area contributed by atoms with Crippen LogP contribution in [0.4, 0.5) is 0 Å². The van der Waals surface area contributed by atoms with Crippen molar-refractivity contribution < 1.29 is 0 Å². The van der Waals surface area contributed by atoms with E-state index in [1.807, 2.05) is 31.6 Å². The highest BCUT2D eigenvalue weighted by Crippen LogP contribution is 2.25. The van der Waals surface area contributed by atoms with Crippen LogP contribution in [0.1, 0.15) is 29.8 Å². The SMILES string of the molecule is CCc1cccnc1C(NC)c1ccc2cccnc2c1. The second-order valence-corrected chi connectivity index (χ2v) is 5.08. The maximum Gasteiger partial charge on any atom is 0.0752 e. The number of pyridine rings is 2. The fraction of sp³-hybridized carbons (Fsp3) is 0.222. The first-order valence-corrected chi connectivity index (χ1v) is 7.29. The molecule has 1 aromatic carbocycles. The van der Waals surface area contributed by atoms with E-state index >= 15 is 0 Å². The van der Waals surface area contributed by atoms with Gasteiger partial charge in [-0.3, -0.25) is 9.97 Å². The molecule has 0 fully saturated rings. The highest BCUT2D eigenvalue weighted by atomic mass is 14.9. The summed E-state index contributed by atoms with van der Waals surface area (Å²) < 4.78 is 0. The first kappa shape index (κ1) is 13.7. The second kappa shape index (κ2) is 6.02. The lowest BCUT2D eigenvalue weighted by Gasteiger charge is -2.19. The third kappa shape index (κ3) is 2.65. The van der Waals surface area contributed by atoms with Crippen LogP contribution in [0.3, 0.4) is 0 Å². The molecule has 0 aliphatic heterocycles. The summed E-state index contributed by atoms with van der Waals surface area (Å²) in [5, 5.41) is 4.54. The van der Waals surface area contributed by atoms with Gasteiger partial charge in [0.05, 0.1) is 17.3 Å². The molecule has 3 heteroatoms. The number of benzene rings is 1. The first-order chi connectivity index (χ1) is 10.3. The molecule has 1 atom stereocenters. The largest absolute Gasteiger partial charge is 0.308 e. The van der Waals surface area contributed by atoms with Crippen molar-refractivity contribution in [3.05, 3.63) is 71.7 Å². The quantitative estimate of drug-likeness (QED) is 0.793. The Hall–Kier alpha value is -2.26. The molecule has 0 saturated heterocycles. The van der Waals surface area contributed by atoms with Crippen LogP contribution in [0.5, 0.6) is 0 Å². The smallest absolute Gasteiger partial charge is 0.0752 e. The summed E-state index contributed by atoms with van der Waals surface area (Å²) in [7, 11) is 1.97. The molecule has 0 aliphatic rings. The van der Waals surface area contributed by atoms with Crippen LogP contribution in [0.2, 0.25) is 0 Å². The van der Waals surface area contributed by atoms with Crippen LogP contribution in [-0.2, 0) is 6.42 Å². The highest BCUT2D eigenvalue weighted by Gasteiger charge is 2.16. The molecule has 0 spiro atoms. The van der Waals surface area contributed by atoms with E-state index in [1.54, 1.807) is 0 Å².